The van der Waals surface area contributed by atoms with Gasteiger partial charge in [0, 0.05) is 12.4 Å². The minimum atomic E-state index is 0.862. The number of hydrogen-bond acceptors (Lipinski definition) is 2. The molecule has 0 unspecified atom stereocenters. The fourth-order valence-electron chi connectivity index (χ4n) is 1.36. The summed E-state index contributed by atoms with van der Waals surface area (Å²) in [6.45, 7) is 7.38. The van der Waals surface area contributed by atoms with E-state index in [-0.39, 0.29) is 0 Å². The van der Waals surface area contributed by atoms with Crippen LogP contribution in [0.4, 0.5) is 0 Å². The van der Waals surface area contributed by atoms with E-state index in [4.69, 9.17) is 0 Å². The van der Waals surface area contributed by atoms with Crippen LogP contribution in [0.25, 0.3) is 23.5 Å². The molecule has 0 saturated carbocycles. The molecule has 2 aromatic rings. The van der Waals surface area contributed by atoms with Crippen LogP contribution in [0.5, 0.6) is 0 Å². The van der Waals surface area contributed by atoms with Gasteiger partial charge in [0.1, 0.15) is 0 Å². The molecule has 2 heterocycles. The van der Waals surface area contributed by atoms with Gasteiger partial charge < -0.3 is 0 Å². The maximum Gasteiger partial charge on any atom is 0.0886 e. The molecule has 0 saturated heterocycles. The minimum Gasteiger partial charge on any atom is -0.254 e. The third kappa shape index (κ3) is 2.06. The molecule has 0 aliphatic rings. The molecule has 16 heavy (non-hydrogen) atoms. The standard InChI is InChI=1S/C14H12N2/c1-3-11-5-7-13(15-9-11)14-8-6-12(4-2)10-16-14/h3-10H,1-2H2. The smallest absolute Gasteiger partial charge is 0.0886 e. The Kier molecular flexibility index (Phi) is 2.92. The van der Waals surface area contributed by atoms with Gasteiger partial charge in [-0.2, -0.15) is 0 Å². The van der Waals surface area contributed by atoms with Gasteiger partial charge in [-0.25, -0.2) is 0 Å². The number of nitrogens with zero attached hydrogens (tertiary/aromatic N) is 2. The number of pyridine rings is 2. The molecule has 2 heteroatoms. The molecule has 2 rings (SSSR count). The number of hydrogen-bond donors (Lipinski definition) is 0. The Morgan fingerprint density at radius 3 is 1.44 bits per heavy atom. The quantitative estimate of drug-likeness (QED) is 0.772. The van der Waals surface area contributed by atoms with Crippen LogP contribution in [0.3, 0.4) is 0 Å². The van der Waals surface area contributed by atoms with E-state index >= 15 is 0 Å². The molecule has 0 aromatic carbocycles. The molecule has 2 nitrogen and oxygen atoms in total. The van der Waals surface area contributed by atoms with Gasteiger partial charge in [0.25, 0.3) is 0 Å². The van der Waals surface area contributed by atoms with Crippen LogP contribution in [0.1, 0.15) is 11.1 Å². The van der Waals surface area contributed by atoms with E-state index in [1.807, 2.05) is 24.3 Å². The van der Waals surface area contributed by atoms with Crippen LogP contribution in [0, 0.1) is 0 Å². The van der Waals surface area contributed by atoms with Crippen molar-refractivity contribution in [3.05, 3.63) is 60.9 Å². The first-order valence-corrected chi connectivity index (χ1v) is 5.01. The summed E-state index contributed by atoms with van der Waals surface area (Å²) in [7, 11) is 0. The van der Waals surface area contributed by atoms with Crippen LogP contribution >= 0.6 is 0 Å². The molecule has 0 radical (unpaired) electrons. The Morgan fingerprint density at radius 2 is 1.19 bits per heavy atom. The average molecular weight is 208 g/mol. The van der Waals surface area contributed by atoms with Crippen molar-refractivity contribution in [2.24, 2.45) is 0 Å². The van der Waals surface area contributed by atoms with Crippen molar-refractivity contribution in [1.82, 2.24) is 9.97 Å². The third-order valence-electron chi connectivity index (χ3n) is 2.31. The van der Waals surface area contributed by atoms with E-state index in [9.17, 15) is 0 Å². The third-order valence-corrected chi connectivity index (χ3v) is 2.31. The van der Waals surface area contributed by atoms with Crippen molar-refractivity contribution >= 4 is 12.2 Å². The number of aromatic nitrogens is 2. The monoisotopic (exact) mass is 208 g/mol. The molecule has 0 amide bonds. The molecular weight excluding hydrogens is 196 g/mol. The first-order chi connectivity index (χ1) is 7.83. The van der Waals surface area contributed by atoms with E-state index in [1.165, 1.54) is 0 Å². The number of rotatable bonds is 3. The van der Waals surface area contributed by atoms with Crippen molar-refractivity contribution in [1.29, 1.82) is 0 Å². The first-order valence-electron chi connectivity index (χ1n) is 5.01. The summed E-state index contributed by atoms with van der Waals surface area (Å²) in [5.41, 5.74) is 3.74. The van der Waals surface area contributed by atoms with Gasteiger partial charge in [-0.05, 0) is 23.3 Å². The maximum atomic E-state index is 4.32. The van der Waals surface area contributed by atoms with Crippen LogP contribution < -0.4 is 0 Å². The van der Waals surface area contributed by atoms with Crippen LogP contribution in [-0.4, -0.2) is 9.97 Å². The lowest BCUT2D eigenvalue weighted by Gasteiger charge is -2.00. The Morgan fingerprint density at radius 1 is 0.750 bits per heavy atom. The van der Waals surface area contributed by atoms with E-state index in [1.54, 1.807) is 24.5 Å². The Bertz CT molecular complexity index is 446. The van der Waals surface area contributed by atoms with Gasteiger partial charge in [0.05, 0.1) is 11.4 Å². The van der Waals surface area contributed by atoms with Crippen molar-refractivity contribution in [3.8, 4) is 11.4 Å². The van der Waals surface area contributed by atoms with Crippen molar-refractivity contribution in [2.45, 2.75) is 0 Å². The SMILES string of the molecule is C=Cc1ccc(-c2ccc(C=C)cn2)nc1. The molecule has 0 spiro atoms. The molecule has 2 aromatic heterocycles. The lowest BCUT2D eigenvalue weighted by Crippen LogP contribution is -1.87. The highest BCUT2D eigenvalue weighted by Crippen LogP contribution is 2.15. The molecule has 0 bridgehead atoms. The zero-order valence-electron chi connectivity index (χ0n) is 8.93. The highest BCUT2D eigenvalue weighted by Gasteiger charge is 1.99. The summed E-state index contributed by atoms with van der Waals surface area (Å²) in [5, 5.41) is 0. The fourth-order valence-corrected chi connectivity index (χ4v) is 1.36. The van der Waals surface area contributed by atoms with Crippen LogP contribution in [0.15, 0.2) is 49.8 Å². The highest BCUT2D eigenvalue weighted by molar-refractivity contribution is 5.58. The zero-order chi connectivity index (χ0) is 11.4. The van der Waals surface area contributed by atoms with Gasteiger partial charge >= 0.3 is 0 Å². The summed E-state index contributed by atoms with van der Waals surface area (Å²) in [5.74, 6) is 0. The van der Waals surface area contributed by atoms with Crippen molar-refractivity contribution < 1.29 is 0 Å². The average Bonchev–Trinajstić information content (AvgIpc) is 2.39. The Labute approximate surface area is 95.0 Å². The van der Waals surface area contributed by atoms with E-state index in [0.29, 0.717) is 0 Å². The molecule has 0 N–H and O–H groups in total. The summed E-state index contributed by atoms with van der Waals surface area (Å²) < 4.78 is 0. The lowest BCUT2D eigenvalue weighted by molar-refractivity contribution is 1.24. The van der Waals surface area contributed by atoms with Gasteiger partial charge in [-0.1, -0.05) is 37.4 Å². The van der Waals surface area contributed by atoms with Crippen molar-refractivity contribution in [3.63, 3.8) is 0 Å². The molecule has 0 aliphatic carbocycles. The largest absolute Gasteiger partial charge is 0.254 e. The first kappa shape index (κ1) is 10.3. The fraction of sp³-hybridized carbons (Fsp3) is 0. The molecule has 78 valence electrons. The molecular formula is C14H12N2. The van der Waals surface area contributed by atoms with Gasteiger partial charge in [0.15, 0.2) is 0 Å². The Hall–Kier alpha value is -2.22. The van der Waals surface area contributed by atoms with E-state index in [0.717, 1.165) is 22.5 Å². The topological polar surface area (TPSA) is 25.8 Å². The normalized spacial score (nSPS) is 9.75. The van der Waals surface area contributed by atoms with E-state index < -0.39 is 0 Å². The highest BCUT2D eigenvalue weighted by atomic mass is 14.8. The molecule has 0 atom stereocenters. The predicted octanol–water partition coefficient (Wildman–Crippen LogP) is 3.43. The zero-order valence-corrected chi connectivity index (χ0v) is 8.93. The van der Waals surface area contributed by atoms with Crippen LogP contribution in [0.2, 0.25) is 0 Å². The van der Waals surface area contributed by atoms with E-state index in [2.05, 4.69) is 23.1 Å². The minimum absolute atomic E-state index is 0.862. The summed E-state index contributed by atoms with van der Waals surface area (Å²) in [4.78, 5) is 8.63. The van der Waals surface area contributed by atoms with Crippen molar-refractivity contribution in [2.75, 3.05) is 0 Å². The second kappa shape index (κ2) is 4.53. The molecule has 0 fully saturated rings. The lowest BCUT2D eigenvalue weighted by atomic mass is 10.2. The summed E-state index contributed by atoms with van der Waals surface area (Å²) >= 11 is 0. The second-order valence-corrected chi connectivity index (χ2v) is 3.36. The maximum absolute atomic E-state index is 4.32. The summed E-state index contributed by atoms with van der Waals surface area (Å²) in [6.07, 6.45) is 7.10. The van der Waals surface area contributed by atoms with Gasteiger partial charge in [0.2, 0.25) is 0 Å². The predicted molar refractivity (Wildman–Crippen MR) is 67.7 cm³/mol. The second-order valence-electron chi connectivity index (χ2n) is 3.36. The Balaban J connectivity index is 2.34. The molecule has 0 aliphatic heterocycles. The summed E-state index contributed by atoms with van der Waals surface area (Å²) in [6, 6.07) is 7.82. The van der Waals surface area contributed by atoms with Crippen LogP contribution in [-0.2, 0) is 0 Å². The van der Waals surface area contributed by atoms with Gasteiger partial charge in [-0.15, -0.1) is 0 Å². The van der Waals surface area contributed by atoms with Gasteiger partial charge in [-0.3, -0.25) is 9.97 Å².